The highest BCUT2D eigenvalue weighted by atomic mass is 16.5. The highest BCUT2D eigenvalue weighted by molar-refractivity contribution is 5.97. The number of hydrogen-bond donors (Lipinski definition) is 2. The normalized spacial score (nSPS) is 11.6. The van der Waals surface area contributed by atoms with E-state index in [9.17, 15) is 19.2 Å². The molecule has 0 saturated heterocycles. The topological polar surface area (TPSA) is 142 Å². The first-order valence-corrected chi connectivity index (χ1v) is 16.7. The molecule has 2 amide bonds. The smallest absolute Gasteiger partial charge is 0.307 e. The maximum absolute atomic E-state index is 13.5. The number of ether oxygens (including phenoxy) is 4. The zero-order valence-electron chi connectivity index (χ0n) is 29.7. The van der Waals surface area contributed by atoms with Crippen molar-refractivity contribution >= 4 is 40.2 Å². The van der Waals surface area contributed by atoms with E-state index >= 15 is 0 Å². The Labute approximate surface area is 302 Å². The molecule has 0 radical (unpaired) electrons. The van der Waals surface area contributed by atoms with E-state index in [4.69, 9.17) is 14.2 Å². The Hall–Kier alpha value is -6.23. The first kappa shape index (κ1) is 37.0. The number of amides is 2. The van der Waals surface area contributed by atoms with Gasteiger partial charge in [-0.25, -0.2) is 0 Å². The Morgan fingerprint density at radius 3 is 1.87 bits per heavy atom. The van der Waals surface area contributed by atoms with Gasteiger partial charge in [0.2, 0.25) is 5.91 Å². The lowest BCUT2D eigenvalue weighted by Gasteiger charge is -2.19. The van der Waals surface area contributed by atoms with Crippen molar-refractivity contribution < 1.29 is 38.1 Å². The van der Waals surface area contributed by atoms with Crippen LogP contribution in [0.4, 0.5) is 5.69 Å². The van der Waals surface area contributed by atoms with Gasteiger partial charge in [-0.15, -0.1) is 0 Å². The molecule has 0 aliphatic carbocycles. The van der Waals surface area contributed by atoms with E-state index in [1.165, 1.54) is 19.8 Å². The summed E-state index contributed by atoms with van der Waals surface area (Å²) >= 11 is 0. The number of fused-ring (bicyclic) bond motifs is 1. The van der Waals surface area contributed by atoms with Crippen molar-refractivity contribution in [2.75, 3.05) is 19.5 Å². The lowest BCUT2D eigenvalue weighted by molar-refractivity contribution is -0.142. The van der Waals surface area contributed by atoms with E-state index in [-0.39, 0.29) is 36.3 Å². The van der Waals surface area contributed by atoms with Gasteiger partial charge < -0.3 is 29.6 Å². The average molecular weight is 704 g/mol. The molecule has 0 bridgehead atoms. The van der Waals surface area contributed by atoms with Crippen molar-refractivity contribution in [3.63, 3.8) is 0 Å². The molecule has 1 unspecified atom stereocenters. The van der Waals surface area contributed by atoms with Crippen LogP contribution in [0.3, 0.4) is 0 Å². The second-order valence-electron chi connectivity index (χ2n) is 13.1. The van der Waals surface area contributed by atoms with E-state index in [0.717, 1.165) is 10.8 Å². The van der Waals surface area contributed by atoms with Crippen LogP contribution in [-0.4, -0.2) is 43.0 Å². The molecule has 5 rings (SSSR count). The largest absolute Gasteiger partial charge is 0.469 e. The summed E-state index contributed by atoms with van der Waals surface area (Å²) in [5, 5.41) is 7.25. The maximum Gasteiger partial charge on any atom is 0.307 e. The number of hydrogen-bond acceptors (Lipinski definition) is 9. The number of aromatic nitrogens is 1. The first-order chi connectivity index (χ1) is 24.9. The summed E-state index contributed by atoms with van der Waals surface area (Å²) in [6, 6.07) is 28.3. The zero-order valence-corrected chi connectivity index (χ0v) is 29.7. The number of benzene rings is 4. The quantitative estimate of drug-likeness (QED) is 0.117. The standard InChI is InChI=1S/C41H41N3O8/c1-41(2,3)29-9-16-32(17-10-29)52-34-15-8-27-25-42-36(23-28(27)22-34)40(48)44-35(24-39(47)50-5)26-6-13-31(14-7-26)51-33-18-11-30(12-19-33)43-37(45)20-21-38(46)49-4/h6-19,22-23,25,35H,20-21,24H2,1-5H3,(H,43,45)(H,44,48). The van der Waals surface area contributed by atoms with Gasteiger partial charge in [-0.1, -0.05) is 45.0 Å². The molecule has 4 aromatic carbocycles. The first-order valence-electron chi connectivity index (χ1n) is 16.7. The molecule has 0 aliphatic rings. The summed E-state index contributed by atoms with van der Waals surface area (Å²) in [6.07, 6.45) is 1.53. The van der Waals surface area contributed by atoms with E-state index in [0.29, 0.717) is 34.2 Å². The highest BCUT2D eigenvalue weighted by Gasteiger charge is 2.21. The fourth-order valence-electron chi connectivity index (χ4n) is 5.25. The summed E-state index contributed by atoms with van der Waals surface area (Å²) in [4.78, 5) is 53.5. The third-order valence-corrected chi connectivity index (χ3v) is 8.23. The SMILES string of the molecule is COC(=O)CCC(=O)Nc1ccc(Oc2ccc(C(CC(=O)OC)NC(=O)c3cc4cc(Oc5ccc(C(C)(C)C)cc5)ccc4cn3)cc2)cc1. The number of carbonyl (C=O) groups is 4. The highest BCUT2D eigenvalue weighted by Crippen LogP contribution is 2.30. The van der Waals surface area contributed by atoms with Crippen molar-refractivity contribution in [2.45, 2.75) is 51.5 Å². The second-order valence-corrected chi connectivity index (χ2v) is 13.1. The van der Waals surface area contributed by atoms with Gasteiger partial charge in [0.25, 0.3) is 5.91 Å². The third-order valence-electron chi connectivity index (χ3n) is 8.23. The molecule has 52 heavy (non-hydrogen) atoms. The Kier molecular flexibility index (Phi) is 11.9. The van der Waals surface area contributed by atoms with Crippen molar-refractivity contribution in [3.8, 4) is 23.0 Å². The number of nitrogens with zero attached hydrogens (tertiary/aromatic N) is 1. The monoisotopic (exact) mass is 703 g/mol. The molecule has 268 valence electrons. The van der Waals surface area contributed by atoms with Gasteiger partial charge >= 0.3 is 11.9 Å². The molecule has 1 heterocycles. The summed E-state index contributed by atoms with van der Waals surface area (Å²) in [5.41, 5.74) is 2.63. The summed E-state index contributed by atoms with van der Waals surface area (Å²) in [6.45, 7) is 6.47. The van der Waals surface area contributed by atoms with Gasteiger partial charge in [0.15, 0.2) is 0 Å². The van der Waals surface area contributed by atoms with Crippen molar-refractivity contribution in [1.82, 2.24) is 10.3 Å². The molecule has 2 N–H and O–H groups in total. The van der Waals surface area contributed by atoms with Crippen LogP contribution in [0.15, 0.2) is 103 Å². The molecule has 0 spiro atoms. The van der Waals surface area contributed by atoms with Crippen molar-refractivity contribution in [2.24, 2.45) is 0 Å². The predicted octanol–water partition coefficient (Wildman–Crippen LogP) is 8.04. The average Bonchev–Trinajstić information content (AvgIpc) is 3.14. The number of esters is 2. The Morgan fingerprint density at radius 2 is 1.25 bits per heavy atom. The zero-order chi connectivity index (χ0) is 37.3. The third kappa shape index (κ3) is 10.2. The van der Waals surface area contributed by atoms with Crippen LogP contribution in [0.2, 0.25) is 0 Å². The van der Waals surface area contributed by atoms with Gasteiger partial charge in [-0.2, -0.15) is 0 Å². The number of anilines is 1. The van der Waals surface area contributed by atoms with E-state index in [2.05, 4.69) is 53.3 Å². The Morgan fingerprint density at radius 1 is 0.673 bits per heavy atom. The van der Waals surface area contributed by atoms with Gasteiger partial charge in [0.05, 0.1) is 33.1 Å². The van der Waals surface area contributed by atoms with Crippen LogP contribution in [0.5, 0.6) is 23.0 Å². The van der Waals surface area contributed by atoms with Crippen molar-refractivity contribution in [3.05, 3.63) is 120 Å². The predicted molar refractivity (Wildman–Crippen MR) is 197 cm³/mol. The van der Waals surface area contributed by atoms with E-state index in [1.807, 2.05) is 30.3 Å². The summed E-state index contributed by atoms with van der Waals surface area (Å²) in [5.74, 6) is 0.645. The lowest BCUT2D eigenvalue weighted by atomic mass is 9.87. The van der Waals surface area contributed by atoms with Gasteiger partial charge in [0, 0.05) is 23.7 Å². The minimum absolute atomic E-state index is 0.00486. The number of methoxy groups -OCH3 is 2. The molecule has 11 nitrogen and oxygen atoms in total. The number of carbonyl (C=O) groups excluding carboxylic acids is 4. The minimum Gasteiger partial charge on any atom is -0.469 e. The fourth-order valence-corrected chi connectivity index (χ4v) is 5.25. The summed E-state index contributed by atoms with van der Waals surface area (Å²) in [7, 11) is 2.57. The molecule has 11 heteroatoms. The molecule has 1 aromatic heterocycles. The van der Waals surface area contributed by atoms with Crippen LogP contribution in [0.1, 0.15) is 67.7 Å². The van der Waals surface area contributed by atoms with E-state index < -0.39 is 23.9 Å². The van der Waals surface area contributed by atoms with E-state index in [1.54, 1.807) is 60.8 Å². The molecular weight excluding hydrogens is 662 g/mol. The second kappa shape index (κ2) is 16.7. The van der Waals surface area contributed by atoms with Crippen LogP contribution >= 0.6 is 0 Å². The van der Waals surface area contributed by atoms with Gasteiger partial charge in [-0.3, -0.25) is 24.2 Å². The molecular formula is C41H41N3O8. The van der Waals surface area contributed by atoms with Crippen molar-refractivity contribution in [1.29, 1.82) is 0 Å². The maximum atomic E-state index is 13.5. The molecule has 0 fully saturated rings. The number of pyridine rings is 1. The number of nitrogens with one attached hydrogen (secondary N) is 2. The minimum atomic E-state index is -0.709. The molecule has 0 saturated carbocycles. The lowest BCUT2D eigenvalue weighted by Crippen LogP contribution is -2.31. The molecule has 5 aromatic rings. The summed E-state index contributed by atoms with van der Waals surface area (Å²) < 4.78 is 21.5. The Balaban J connectivity index is 1.24. The van der Waals surface area contributed by atoms with Crippen LogP contribution in [0.25, 0.3) is 10.8 Å². The van der Waals surface area contributed by atoms with Crippen LogP contribution in [0, 0.1) is 0 Å². The van der Waals surface area contributed by atoms with Gasteiger partial charge in [-0.05, 0) is 94.7 Å². The molecule has 0 aliphatic heterocycles. The number of rotatable bonds is 13. The molecule has 1 atom stereocenters. The Bertz CT molecular complexity index is 2040. The fraction of sp³-hybridized carbons (Fsp3) is 0.244. The van der Waals surface area contributed by atoms with Gasteiger partial charge in [0.1, 0.15) is 28.7 Å². The van der Waals surface area contributed by atoms with Crippen LogP contribution < -0.4 is 20.1 Å². The van der Waals surface area contributed by atoms with Crippen LogP contribution in [-0.2, 0) is 29.3 Å².